The van der Waals surface area contributed by atoms with E-state index in [2.05, 4.69) is 13.0 Å². The molecule has 0 aliphatic heterocycles. The molecule has 1 saturated carbocycles. The molecule has 1 fully saturated rings. The van der Waals surface area contributed by atoms with Crippen molar-refractivity contribution in [2.45, 2.75) is 64.2 Å². The zero-order valence-corrected chi connectivity index (χ0v) is 15.4. The molecule has 0 atom stereocenters. The van der Waals surface area contributed by atoms with Crippen molar-refractivity contribution in [2.24, 2.45) is 5.92 Å². The lowest BCUT2D eigenvalue weighted by molar-refractivity contribution is 0.303. The standard InChI is InChI=1S/C23H27F3/c1-2-3-4-7-16-10-12-17(13-11-16)19-8-5-6-9-20(19)18-14-21(24)23(26)22(25)15-18/h5-6,8-9,14-17H,2-4,7,10-13H2,1H3. The summed E-state index contributed by atoms with van der Waals surface area (Å²) in [4.78, 5) is 0. The Morgan fingerprint density at radius 3 is 2.19 bits per heavy atom. The Morgan fingerprint density at radius 1 is 0.885 bits per heavy atom. The third-order valence-electron chi connectivity index (χ3n) is 5.76. The second kappa shape index (κ2) is 8.75. The van der Waals surface area contributed by atoms with Crippen molar-refractivity contribution in [2.75, 3.05) is 0 Å². The van der Waals surface area contributed by atoms with Gasteiger partial charge in [-0.25, -0.2) is 13.2 Å². The molecule has 3 heteroatoms. The van der Waals surface area contributed by atoms with E-state index in [9.17, 15) is 13.2 Å². The highest BCUT2D eigenvalue weighted by molar-refractivity contribution is 5.68. The molecule has 0 saturated heterocycles. The third kappa shape index (κ3) is 4.31. The smallest absolute Gasteiger partial charge is 0.194 e. The maximum absolute atomic E-state index is 13.7. The summed E-state index contributed by atoms with van der Waals surface area (Å²) in [5, 5.41) is 0. The Hall–Kier alpha value is -1.77. The molecule has 0 N–H and O–H groups in total. The van der Waals surface area contributed by atoms with Crippen LogP contribution in [0.3, 0.4) is 0 Å². The number of halogens is 3. The lowest BCUT2D eigenvalue weighted by Crippen LogP contribution is -2.14. The summed E-state index contributed by atoms with van der Waals surface area (Å²) >= 11 is 0. The zero-order valence-electron chi connectivity index (χ0n) is 15.4. The van der Waals surface area contributed by atoms with Crippen molar-refractivity contribution >= 4 is 0 Å². The Morgan fingerprint density at radius 2 is 1.54 bits per heavy atom. The molecule has 2 aromatic carbocycles. The summed E-state index contributed by atoms with van der Waals surface area (Å²) in [6.07, 6.45) is 9.86. The second-order valence-electron chi connectivity index (χ2n) is 7.55. The molecule has 0 aromatic heterocycles. The van der Waals surface area contributed by atoms with Gasteiger partial charge in [0.25, 0.3) is 0 Å². The van der Waals surface area contributed by atoms with Gasteiger partial charge in [0.05, 0.1) is 0 Å². The minimum atomic E-state index is -1.40. The number of benzene rings is 2. The maximum Gasteiger partial charge on any atom is 0.194 e. The van der Waals surface area contributed by atoms with Crippen LogP contribution in [0.15, 0.2) is 36.4 Å². The fourth-order valence-corrected chi connectivity index (χ4v) is 4.27. The Bertz CT molecular complexity index is 707. The summed E-state index contributed by atoms with van der Waals surface area (Å²) in [7, 11) is 0. The van der Waals surface area contributed by atoms with Crippen LogP contribution in [-0.2, 0) is 0 Å². The van der Waals surface area contributed by atoms with E-state index in [1.165, 1.54) is 38.5 Å². The fourth-order valence-electron chi connectivity index (χ4n) is 4.27. The Kier molecular flexibility index (Phi) is 6.39. The summed E-state index contributed by atoms with van der Waals surface area (Å²) in [5.41, 5.74) is 2.37. The first-order chi connectivity index (χ1) is 12.6. The molecule has 140 valence electrons. The Labute approximate surface area is 154 Å². The van der Waals surface area contributed by atoms with Gasteiger partial charge in [0.15, 0.2) is 17.5 Å². The number of rotatable bonds is 6. The molecule has 1 aliphatic carbocycles. The minimum absolute atomic E-state index is 0.407. The first kappa shape index (κ1) is 19.0. The molecule has 1 aliphatic rings. The molecule has 3 rings (SSSR count). The highest BCUT2D eigenvalue weighted by Crippen LogP contribution is 2.41. The predicted molar refractivity (Wildman–Crippen MR) is 101 cm³/mol. The van der Waals surface area contributed by atoms with Crippen LogP contribution in [-0.4, -0.2) is 0 Å². The molecular weight excluding hydrogens is 333 g/mol. The van der Waals surface area contributed by atoms with E-state index in [4.69, 9.17) is 0 Å². The van der Waals surface area contributed by atoms with E-state index in [0.29, 0.717) is 11.5 Å². The third-order valence-corrected chi connectivity index (χ3v) is 5.76. The highest BCUT2D eigenvalue weighted by Gasteiger charge is 2.24. The van der Waals surface area contributed by atoms with Crippen LogP contribution >= 0.6 is 0 Å². The monoisotopic (exact) mass is 360 g/mol. The van der Waals surface area contributed by atoms with E-state index in [0.717, 1.165) is 42.0 Å². The van der Waals surface area contributed by atoms with Gasteiger partial charge in [-0.1, -0.05) is 56.9 Å². The van der Waals surface area contributed by atoms with Gasteiger partial charge in [-0.05, 0) is 66.3 Å². The van der Waals surface area contributed by atoms with Crippen molar-refractivity contribution in [1.29, 1.82) is 0 Å². The molecule has 2 aromatic rings. The summed E-state index contributed by atoms with van der Waals surface area (Å²) < 4.78 is 40.7. The van der Waals surface area contributed by atoms with Crippen molar-refractivity contribution in [3.63, 3.8) is 0 Å². The van der Waals surface area contributed by atoms with Gasteiger partial charge in [-0.15, -0.1) is 0 Å². The van der Waals surface area contributed by atoms with Gasteiger partial charge < -0.3 is 0 Å². The summed E-state index contributed by atoms with van der Waals surface area (Å²) in [5.74, 6) is -2.45. The molecule has 0 heterocycles. The topological polar surface area (TPSA) is 0 Å². The molecule has 0 unspecified atom stereocenters. The fraction of sp³-hybridized carbons (Fsp3) is 0.478. The quantitative estimate of drug-likeness (QED) is 0.367. The zero-order chi connectivity index (χ0) is 18.5. The molecule has 0 amide bonds. The summed E-state index contributed by atoms with van der Waals surface area (Å²) in [6.45, 7) is 2.23. The van der Waals surface area contributed by atoms with E-state index in [-0.39, 0.29) is 0 Å². The largest absolute Gasteiger partial charge is 0.204 e. The predicted octanol–water partition coefficient (Wildman–Crippen LogP) is 7.63. The minimum Gasteiger partial charge on any atom is -0.204 e. The van der Waals surface area contributed by atoms with Crippen LogP contribution in [0.4, 0.5) is 13.2 Å². The van der Waals surface area contributed by atoms with Crippen LogP contribution in [0.2, 0.25) is 0 Å². The van der Waals surface area contributed by atoms with Crippen LogP contribution in [0.25, 0.3) is 11.1 Å². The van der Waals surface area contributed by atoms with Crippen LogP contribution in [0.1, 0.15) is 69.8 Å². The first-order valence-electron chi connectivity index (χ1n) is 9.84. The maximum atomic E-state index is 13.7. The van der Waals surface area contributed by atoms with Crippen LogP contribution < -0.4 is 0 Å². The average Bonchev–Trinajstić information content (AvgIpc) is 2.66. The van der Waals surface area contributed by atoms with E-state index < -0.39 is 17.5 Å². The van der Waals surface area contributed by atoms with Gasteiger partial charge in [0, 0.05) is 0 Å². The van der Waals surface area contributed by atoms with Gasteiger partial charge in [-0.2, -0.15) is 0 Å². The first-order valence-corrected chi connectivity index (χ1v) is 9.84. The van der Waals surface area contributed by atoms with Crippen LogP contribution in [0.5, 0.6) is 0 Å². The van der Waals surface area contributed by atoms with Crippen LogP contribution in [0, 0.1) is 23.4 Å². The van der Waals surface area contributed by atoms with Gasteiger partial charge in [-0.3, -0.25) is 0 Å². The Balaban J connectivity index is 1.77. The second-order valence-corrected chi connectivity index (χ2v) is 7.55. The molecule has 0 nitrogen and oxygen atoms in total. The van der Waals surface area contributed by atoms with Gasteiger partial charge >= 0.3 is 0 Å². The number of hydrogen-bond acceptors (Lipinski definition) is 0. The molecule has 0 bridgehead atoms. The molecule has 0 radical (unpaired) electrons. The van der Waals surface area contributed by atoms with E-state index >= 15 is 0 Å². The normalized spacial score (nSPS) is 20.3. The molecule has 26 heavy (non-hydrogen) atoms. The van der Waals surface area contributed by atoms with Crippen molar-refractivity contribution in [3.8, 4) is 11.1 Å². The van der Waals surface area contributed by atoms with E-state index in [1.807, 2.05) is 18.2 Å². The lowest BCUT2D eigenvalue weighted by Gasteiger charge is -2.30. The highest BCUT2D eigenvalue weighted by atomic mass is 19.2. The lowest BCUT2D eigenvalue weighted by atomic mass is 9.75. The van der Waals surface area contributed by atoms with E-state index in [1.54, 1.807) is 0 Å². The van der Waals surface area contributed by atoms with Crippen molar-refractivity contribution in [1.82, 2.24) is 0 Å². The summed E-state index contributed by atoms with van der Waals surface area (Å²) in [6, 6.07) is 9.99. The van der Waals surface area contributed by atoms with Gasteiger partial charge in [0.1, 0.15) is 0 Å². The average molecular weight is 360 g/mol. The molecular formula is C23H27F3. The van der Waals surface area contributed by atoms with Crippen molar-refractivity contribution in [3.05, 3.63) is 59.4 Å². The SMILES string of the molecule is CCCCCC1CCC(c2ccccc2-c2cc(F)c(F)c(F)c2)CC1. The number of unbranched alkanes of at least 4 members (excludes halogenated alkanes) is 2. The van der Waals surface area contributed by atoms with Gasteiger partial charge in [0.2, 0.25) is 0 Å². The number of hydrogen-bond donors (Lipinski definition) is 0. The molecule has 0 spiro atoms. The van der Waals surface area contributed by atoms with Crippen molar-refractivity contribution < 1.29 is 13.2 Å².